The molecule has 0 radical (unpaired) electrons. The van der Waals surface area contributed by atoms with E-state index < -0.39 is 35.3 Å². The van der Waals surface area contributed by atoms with Gasteiger partial charge in [-0.1, -0.05) is 48.5 Å². The van der Waals surface area contributed by atoms with Crippen LogP contribution in [-0.4, -0.2) is 29.0 Å². The van der Waals surface area contributed by atoms with Crippen LogP contribution >= 0.6 is 0 Å². The lowest BCUT2D eigenvalue weighted by Crippen LogP contribution is -2.46. The van der Waals surface area contributed by atoms with Gasteiger partial charge in [0.2, 0.25) is 0 Å². The summed E-state index contributed by atoms with van der Waals surface area (Å²) in [7, 11) is 0. The first kappa shape index (κ1) is 21.7. The Morgan fingerprint density at radius 3 is 2.26 bits per heavy atom. The number of anilines is 1. The summed E-state index contributed by atoms with van der Waals surface area (Å²) < 4.78 is 45.3. The van der Waals surface area contributed by atoms with E-state index in [4.69, 9.17) is 4.74 Å². The summed E-state index contributed by atoms with van der Waals surface area (Å²) in [6.07, 6.45) is -4.51. The highest BCUT2D eigenvalue weighted by Gasteiger charge is 2.70. The second kappa shape index (κ2) is 7.34. The van der Waals surface area contributed by atoms with E-state index in [2.05, 4.69) is 0 Å². The zero-order valence-electron chi connectivity index (χ0n) is 18.7. The van der Waals surface area contributed by atoms with Gasteiger partial charge in [0.1, 0.15) is 11.3 Å². The zero-order valence-corrected chi connectivity index (χ0v) is 18.7. The highest BCUT2D eigenvalue weighted by molar-refractivity contribution is 6.24. The number of urea groups is 1. The fraction of sp³-hybridized carbons (Fsp3) is 0.259. The van der Waals surface area contributed by atoms with Crippen molar-refractivity contribution in [2.45, 2.75) is 30.6 Å². The molecule has 0 aliphatic carbocycles. The van der Waals surface area contributed by atoms with E-state index >= 15 is 0 Å². The lowest BCUT2D eigenvalue weighted by Gasteiger charge is -2.34. The molecule has 0 bridgehead atoms. The van der Waals surface area contributed by atoms with Gasteiger partial charge in [-0.25, -0.2) is 9.69 Å². The first-order valence-electron chi connectivity index (χ1n) is 11.3. The Morgan fingerprint density at radius 2 is 1.57 bits per heavy atom. The van der Waals surface area contributed by atoms with E-state index in [0.717, 1.165) is 28.2 Å². The number of fused-ring (bicyclic) bond motifs is 5. The van der Waals surface area contributed by atoms with Crippen molar-refractivity contribution in [3.63, 3.8) is 0 Å². The third kappa shape index (κ3) is 2.95. The maximum Gasteiger partial charge on any atom is 0.416 e. The Balaban J connectivity index is 1.50. The van der Waals surface area contributed by atoms with Gasteiger partial charge in [-0.05, 0) is 42.8 Å². The molecular weight excluding hydrogens is 457 g/mol. The molecule has 0 saturated carbocycles. The summed E-state index contributed by atoms with van der Waals surface area (Å²) >= 11 is 0. The Hall–Kier alpha value is -3.81. The van der Waals surface area contributed by atoms with Gasteiger partial charge in [-0.2, -0.15) is 13.2 Å². The van der Waals surface area contributed by atoms with Gasteiger partial charge in [0.25, 0.3) is 5.91 Å². The fourth-order valence-corrected chi connectivity index (χ4v) is 6.06. The number of alkyl halides is 3. The molecule has 3 aliphatic rings. The number of carbonyl (C=O) groups excluding carboxylic acids is 2. The second-order valence-electron chi connectivity index (χ2n) is 9.33. The minimum absolute atomic E-state index is 0.118. The summed E-state index contributed by atoms with van der Waals surface area (Å²) in [5.74, 6) is -0.320. The number of halogens is 3. The molecule has 3 aliphatic heterocycles. The molecule has 5 nitrogen and oxygen atoms in total. The number of para-hydroxylation sites is 1. The van der Waals surface area contributed by atoms with Gasteiger partial charge in [0.05, 0.1) is 23.9 Å². The number of hydrogen-bond donors (Lipinski definition) is 0. The Labute approximate surface area is 199 Å². The van der Waals surface area contributed by atoms with E-state index in [9.17, 15) is 22.8 Å². The van der Waals surface area contributed by atoms with Gasteiger partial charge < -0.3 is 9.64 Å². The maximum absolute atomic E-state index is 14.0. The smallest absolute Gasteiger partial charge is 0.416 e. The number of imide groups is 1. The predicted octanol–water partition coefficient (Wildman–Crippen LogP) is 5.78. The lowest BCUT2D eigenvalue weighted by atomic mass is 9.73. The topological polar surface area (TPSA) is 49.9 Å². The van der Waals surface area contributed by atoms with Crippen molar-refractivity contribution in [1.82, 2.24) is 4.90 Å². The third-order valence-electron chi connectivity index (χ3n) is 7.53. The number of ether oxygens (including phenoxy) is 1. The largest absolute Gasteiger partial charge is 0.493 e. The molecule has 3 aromatic rings. The molecule has 178 valence electrons. The van der Waals surface area contributed by atoms with Gasteiger partial charge >= 0.3 is 12.2 Å². The van der Waals surface area contributed by atoms with Crippen LogP contribution in [0.15, 0.2) is 78.9 Å². The fourth-order valence-electron chi connectivity index (χ4n) is 6.06. The normalized spacial score (nSPS) is 27.4. The zero-order chi connectivity index (χ0) is 24.5. The molecule has 0 spiro atoms. The summed E-state index contributed by atoms with van der Waals surface area (Å²) in [6, 6.07) is 20.2. The summed E-state index contributed by atoms with van der Waals surface area (Å²) in [5, 5.41) is 0. The number of carbonyl (C=O) groups is 2. The van der Waals surface area contributed by atoms with Crippen molar-refractivity contribution in [3.8, 4) is 5.75 Å². The van der Waals surface area contributed by atoms with Gasteiger partial charge in [0, 0.05) is 17.4 Å². The van der Waals surface area contributed by atoms with Gasteiger partial charge in [-0.15, -0.1) is 0 Å². The standard InChI is InChI=1S/C27H21F3N2O3/c1-26-22(16-7-3-2-4-8-16)20-15-35-21-10-6-5-9-19(21)23(20)32(26)25(34)31(24(26)33)18-13-11-17(12-14-18)27(28,29)30/h2-14,20,22-23H,15H2,1H3/t20-,22-,23-,26+/m1/s1. The summed E-state index contributed by atoms with van der Waals surface area (Å²) in [5.41, 5.74) is -0.230. The monoisotopic (exact) mass is 478 g/mol. The van der Waals surface area contributed by atoms with Crippen LogP contribution in [-0.2, 0) is 11.0 Å². The first-order valence-corrected chi connectivity index (χ1v) is 11.3. The summed E-state index contributed by atoms with van der Waals surface area (Å²) in [4.78, 5) is 30.6. The van der Waals surface area contributed by atoms with Crippen LogP contribution in [0.4, 0.5) is 23.7 Å². The molecule has 8 heteroatoms. The third-order valence-corrected chi connectivity index (χ3v) is 7.53. The van der Waals surface area contributed by atoms with Gasteiger partial charge in [-0.3, -0.25) is 4.79 Å². The van der Waals surface area contributed by atoms with Crippen LogP contribution in [0.5, 0.6) is 5.75 Å². The molecule has 3 amide bonds. The molecule has 2 saturated heterocycles. The molecule has 3 heterocycles. The van der Waals surface area contributed by atoms with Crippen molar-refractivity contribution in [3.05, 3.63) is 95.6 Å². The number of rotatable bonds is 2. The average Bonchev–Trinajstić information content (AvgIpc) is 3.24. The van der Waals surface area contributed by atoms with Gasteiger partial charge in [0.15, 0.2) is 0 Å². The van der Waals surface area contributed by atoms with Crippen LogP contribution < -0.4 is 9.64 Å². The van der Waals surface area contributed by atoms with Crippen molar-refractivity contribution in [1.29, 1.82) is 0 Å². The first-order chi connectivity index (χ1) is 16.7. The summed E-state index contributed by atoms with van der Waals surface area (Å²) in [6.45, 7) is 2.10. The van der Waals surface area contributed by atoms with E-state index in [0.29, 0.717) is 12.4 Å². The van der Waals surface area contributed by atoms with Crippen LogP contribution in [0.3, 0.4) is 0 Å². The molecule has 2 fully saturated rings. The van der Waals surface area contributed by atoms with E-state index in [1.54, 1.807) is 11.8 Å². The van der Waals surface area contributed by atoms with Crippen LogP contribution in [0.25, 0.3) is 0 Å². The highest BCUT2D eigenvalue weighted by Crippen LogP contribution is 2.61. The molecule has 6 rings (SSSR count). The van der Waals surface area contributed by atoms with E-state index in [1.165, 1.54) is 12.1 Å². The van der Waals surface area contributed by atoms with Crippen molar-refractivity contribution in [2.75, 3.05) is 11.5 Å². The van der Waals surface area contributed by atoms with Crippen molar-refractivity contribution < 1.29 is 27.5 Å². The molecular formula is C27H21F3N2O3. The average molecular weight is 478 g/mol. The minimum Gasteiger partial charge on any atom is -0.493 e. The molecule has 0 aromatic heterocycles. The van der Waals surface area contributed by atoms with Crippen molar-refractivity contribution in [2.24, 2.45) is 5.92 Å². The van der Waals surface area contributed by atoms with Crippen LogP contribution in [0.1, 0.15) is 35.6 Å². The number of benzene rings is 3. The number of amides is 3. The molecule has 3 aromatic carbocycles. The Morgan fingerprint density at radius 1 is 0.914 bits per heavy atom. The Bertz CT molecular complexity index is 1330. The van der Waals surface area contributed by atoms with Crippen LogP contribution in [0, 0.1) is 5.92 Å². The highest BCUT2D eigenvalue weighted by atomic mass is 19.4. The molecule has 0 N–H and O–H groups in total. The van der Waals surface area contributed by atoms with E-state index in [1.807, 2.05) is 54.6 Å². The molecule has 0 unspecified atom stereocenters. The Kier molecular flexibility index (Phi) is 4.55. The predicted molar refractivity (Wildman–Crippen MR) is 122 cm³/mol. The lowest BCUT2D eigenvalue weighted by molar-refractivity contribution is -0.137. The molecule has 35 heavy (non-hydrogen) atoms. The maximum atomic E-state index is 14.0. The number of hydrogen-bond acceptors (Lipinski definition) is 3. The second-order valence-corrected chi connectivity index (χ2v) is 9.33. The molecule has 4 atom stereocenters. The van der Waals surface area contributed by atoms with Crippen LogP contribution in [0.2, 0.25) is 0 Å². The van der Waals surface area contributed by atoms with Crippen molar-refractivity contribution >= 4 is 17.6 Å². The minimum atomic E-state index is -4.51. The quantitative estimate of drug-likeness (QED) is 0.439. The SMILES string of the molecule is C[C@]12C(=O)N(c3ccc(C(F)(F)F)cc3)C(=O)N1[C@@H]1c3ccccc3OC[C@@H]1[C@H]2c1ccccc1. The number of nitrogens with zero attached hydrogens (tertiary/aromatic N) is 2. The van der Waals surface area contributed by atoms with E-state index in [-0.39, 0.29) is 17.5 Å².